The van der Waals surface area contributed by atoms with Crippen LogP contribution >= 0.6 is 24.0 Å². The molecule has 0 unspecified atom stereocenters. The van der Waals surface area contributed by atoms with E-state index in [1.807, 2.05) is 20.2 Å². The van der Waals surface area contributed by atoms with Crippen LogP contribution in [0.1, 0.15) is 29.7 Å². The fourth-order valence-electron chi connectivity index (χ4n) is 3.44. The van der Waals surface area contributed by atoms with Crippen LogP contribution in [0.5, 0.6) is 0 Å². The lowest BCUT2D eigenvalue weighted by atomic mass is 10.0. The molecule has 1 fully saturated rings. The van der Waals surface area contributed by atoms with Crippen molar-refractivity contribution in [3.8, 4) is 0 Å². The summed E-state index contributed by atoms with van der Waals surface area (Å²) in [6, 6.07) is 15.4. The molecule has 1 aliphatic rings. The second-order valence-electron chi connectivity index (χ2n) is 7.24. The number of guanidine groups is 1. The molecule has 0 aliphatic carbocycles. The van der Waals surface area contributed by atoms with Gasteiger partial charge in [0.15, 0.2) is 5.96 Å². The van der Waals surface area contributed by atoms with Crippen molar-refractivity contribution in [1.29, 1.82) is 0 Å². The van der Waals surface area contributed by atoms with Crippen molar-refractivity contribution in [2.24, 2.45) is 4.99 Å². The largest absolute Gasteiger partial charge is 0.356 e. The summed E-state index contributed by atoms with van der Waals surface area (Å²) in [5.41, 5.74) is 3.70. The number of aliphatic imine (C=N–C) groups is 1. The van der Waals surface area contributed by atoms with Crippen LogP contribution < -0.4 is 10.6 Å². The number of halogens is 1. The molecule has 0 atom stereocenters. The zero-order valence-electron chi connectivity index (χ0n) is 16.9. The summed E-state index contributed by atoms with van der Waals surface area (Å²) >= 11 is 0. The van der Waals surface area contributed by atoms with E-state index in [2.05, 4.69) is 68.0 Å². The Balaban J connectivity index is 0.00000280. The molecule has 2 aromatic rings. The number of nitrogens with zero attached hydrogens (tertiary/aromatic N) is 3. The van der Waals surface area contributed by atoms with Gasteiger partial charge in [-0.2, -0.15) is 0 Å². The van der Waals surface area contributed by atoms with Crippen molar-refractivity contribution >= 4 is 29.9 Å². The topological polar surface area (TPSA) is 52.6 Å². The van der Waals surface area contributed by atoms with Crippen LogP contribution in [-0.2, 0) is 13.0 Å². The van der Waals surface area contributed by atoms with E-state index in [0.717, 1.165) is 57.1 Å². The summed E-state index contributed by atoms with van der Waals surface area (Å²) in [6.45, 7) is 6.17. The van der Waals surface area contributed by atoms with Crippen molar-refractivity contribution in [2.75, 3.05) is 26.7 Å². The molecule has 1 aromatic heterocycles. The van der Waals surface area contributed by atoms with Gasteiger partial charge in [0.25, 0.3) is 0 Å². The van der Waals surface area contributed by atoms with Gasteiger partial charge in [0.1, 0.15) is 0 Å². The van der Waals surface area contributed by atoms with Crippen molar-refractivity contribution in [3.05, 3.63) is 65.5 Å². The van der Waals surface area contributed by atoms with Crippen LogP contribution in [0.15, 0.2) is 53.7 Å². The van der Waals surface area contributed by atoms with Gasteiger partial charge in [-0.3, -0.25) is 14.9 Å². The highest BCUT2D eigenvalue weighted by molar-refractivity contribution is 14.0. The van der Waals surface area contributed by atoms with Crippen LogP contribution in [-0.4, -0.2) is 48.6 Å². The Kier molecular flexibility index (Phi) is 9.70. The third kappa shape index (κ3) is 7.39. The number of hydrogen-bond acceptors (Lipinski definition) is 3. The Morgan fingerprint density at radius 1 is 1.11 bits per heavy atom. The molecule has 0 amide bonds. The molecule has 0 bridgehead atoms. The van der Waals surface area contributed by atoms with E-state index in [4.69, 9.17) is 0 Å². The molecule has 3 rings (SSSR count). The summed E-state index contributed by atoms with van der Waals surface area (Å²) in [6.07, 6.45) is 5.20. The number of nitrogens with one attached hydrogen (secondary N) is 2. The van der Waals surface area contributed by atoms with E-state index >= 15 is 0 Å². The molecule has 1 aliphatic heterocycles. The molecular weight excluding hydrogens is 461 g/mol. The second-order valence-corrected chi connectivity index (χ2v) is 7.24. The maximum Gasteiger partial charge on any atom is 0.191 e. The first-order chi connectivity index (χ1) is 13.2. The third-order valence-corrected chi connectivity index (χ3v) is 5.08. The average molecular weight is 493 g/mol. The molecule has 0 spiro atoms. The highest BCUT2D eigenvalue weighted by Crippen LogP contribution is 2.13. The maximum absolute atomic E-state index is 4.38. The van der Waals surface area contributed by atoms with E-state index in [-0.39, 0.29) is 24.0 Å². The summed E-state index contributed by atoms with van der Waals surface area (Å²) in [4.78, 5) is 11.3. The van der Waals surface area contributed by atoms with Gasteiger partial charge in [-0.25, -0.2) is 0 Å². The molecule has 1 saturated heterocycles. The van der Waals surface area contributed by atoms with Crippen LogP contribution in [0.2, 0.25) is 0 Å². The normalized spacial score (nSPS) is 15.7. The van der Waals surface area contributed by atoms with Gasteiger partial charge in [0.2, 0.25) is 0 Å². The first-order valence-electron chi connectivity index (χ1n) is 9.88. The lowest BCUT2D eigenvalue weighted by Gasteiger charge is -2.33. The van der Waals surface area contributed by atoms with Gasteiger partial charge in [0, 0.05) is 51.2 Å². The molecule has 0 saturated carbocycles. The Hall–Kier alpha value is -1.67. The van der Waals surface area contributed by atoms with Crippen LogP contribution in [0.25, 0.3) is 0 Å². The number of pyridine rings is 1. The predicted molar refractivity (Wildman–Crippen MR) is 127 cm³/mol. The minimum atomic E-state index is 0. The molecule has 152 valence electrons. The van der Waals surface area contributed by atoms with Crippen LogP contribution in [0.4, 0.5) is 0 Å². The van der Waals surface area contributed by atoms with E-state index in [1.54, 1.807) is 0 Å². The van der Waals surface area contributed by atoms with Crippen molar-refractivity contribution in [3.63, 3.8) is 0 Å². The lowest BCUT2D eigenvalue weighted by molar-refractivity contribution is 0.198. The van der Waals surface area contributed by atoms with Gasteiger partial charge < -0.3 is 10.6 Å². The zero-order chi connectivity index (χ0) is 18.9. The van der Waals surface area contributed by atoms with E-state index < -0.39 is 0 Å². The summed E-state index contributed by atoms with van der Waals surface area (Å²) in [7, 11) is 1.84. The number of aryl methyl sites for hydroxylation is 1. The highest BCUT2D eigenvalue weighted by Gasteiger charge is 2.19. The number of aromatic nitrogens is 1. The smallest absolute Gasteiger partial charge is 0.191 e. The van der Waals surface area contributed by atoms with E-state index in [1.165, 1.54) is 11.1 Å². The first kappa shape index (κ1) is 22.6. The van der Waals surface area contributed by atoms with Gasteiger partial charge in [0.05, 0.1) is 0 Å². The summed E-state index contributed by atoms with van der Waals surface area (Å²) < 4.78 is 0. The number of likely N-dealkylation sites (tertiary alicyclic amines) is 1. The van der Waals surface area contributed by atoms with Gasteiger partial charge in [-0.15, -0.1) is 24.0 Å². The zero-order valence-corrected chi connectivity index (χ0v) is 19.2. The monoisotopic (exact) mass is 493 g/mol. The standard InChI is InChI=1S/C22H31N5.HI/c1-18-8-9-19(16-25-18)10-13-24-22(23-2)26-21-11-14-27(15-12-21)17-20-6-4-3-5-7-20;/h3-9,16,21H,10-15,17H2,1-2H3,(H2,23,24,26);1H. The van der Waals surface area contributed by atoms with Crippen LogP contribution in [0.3, 0.4) is 0 Å². The Labute approximate surface area is 186 Å². The maximum atomic E-state index is 4.38. The SMILES string of the molecule is CN=C(NCCc1ccc(C)nc1)NC1CCN(Cc2ccccc2)CC1.I. The Morgan fingerprint density at radius 2 is 1.86 bits per heavy atom. The molecule has 0 radical (unpaired) electrons. The van der Waals surface area contributed by atoms with Gasteiger partial charge >= 0.3 is 0 Å². The molecule has 28 heavy (non-hydrogen) atoms. The Morgan fingerprint density at radius 3 is 2.50 bits per heavy atom. The Bertz CT molecular complexity index is 709. The molecular formula is C22H32IN5. The molecule has 2 heterocycles. The molecule has 2 N–H and O–H groups in total. The van der Waals surface area contributed by atoms with Gasteiger partial charge in [-0.05, 0) is 43.4 Å². The fraction of sp³-hybridized carbons (Fsp3) is 0.455. The third-order valence-electron chi connectivity index (χ3n) is 5.08. The predicted octanol–water partition coefficient (Wildman–Crippen LogP) is 3.38. The summed E-state index contributed by atoms with van der Waals surface area (Å²) in [5.74, 6) is 0.900. The number of piperidine rings is 1. The lowest BCUT2D eigenvalue weighted by Crippen LogP contribution is -2.48. The van der Waals surface area contributed by atoms with Crippen molar-refractivity contribution in [2.45, 2.75) is 38.8 Å². The van der Waals surface area contributed by atoms with Crippen LogP contribution in [0, 0.1) is 6.92 Å². The average Bonchev–Trinajstić information content (AvgIpc) is 2.71. The second kappa shape index (κ2) is 12.0. The quantitative estimate of drug-likeness (QED) is 0.368. The van der Waals surface area contributed by atoms with Gasteiger partial charge in [-0.1, -0.05) is 36.4 Å². The fourth-order valence-corrected chi connectivity index (χ4v) is 3.44. The number of rotatable bonds is 6. The number of hydrogen-bond donors (Lipinski definition) is 2. The number of benzene rings is 1. The van der Waals surface area contributed by atoms with E-state index in [0.29, 0.717) is 6.04 Å². The highest BCUT2D eigenvalue weighted by atomic mass is 127. The molecule has 6 heteroatoms. The van der Waals surface area contributed by atoms with Crippen molar-refractivity contribution in [1.82, 2.24) is 20.5 Å². The minimum absolute atomic E-state index is 0. The summed E-state index contributed by atoms with van der Waals surface area (Å²) in [5, 5.41) is 7.01. The molecule has 5 nitrogen and oxygen atoms in total. The first-order valence-corrected chi connectivity index (χ1v) is 9.88. The van der Waals surface area contributed by atoms with E-state index in [9.17, 15) is 0 Å². The minimum Gasteiger partial charge on any atom is -0.356 e. The molecule has 1 aromatic carbocycles. The van der Waals surface area contributed by atoms with Crippen molar-refractivity contribution < 1.29 is 0 Å².